The number of likely N-dealkylation sites (N-methyl/N-ethyl adjacent to an activating group) is 2. The van der Waals surface area contributed by atoms with Gasteiger partial charge in [0.2, 0.25) is 5.75 Å². The van der Waals surface area contributed by atoms with Gasteiger partial charge in [0.25, 0.3) is 11.5 Å². The van der Waals surface area contributed by atoms with Crippen molar-refractivity contribution in [1.82, 2.24) is 24.7 Å². The lowest BCUT2D eigenvalue weighted by Gasteiger charge is -2.28. The molecule has 0 saturated heterocycles. The molecule has 0 aliphatic carbocycles. The lowest BCUT2D eigenvalue weighted by molar-refractivity contribution is -0.151. The summed E-state index contributed by atoms with van der Waals surface area (Å²) in [5.74, 6) is -3.59. The van der Waals surface area contributed by atoms with Crippen LogP contribution in [0.4, 0.5) is 4.39 Å². The Balaban J connectivity index is 2.04. The molecule has 0 radical (unpaired) electrons. The number of methoxy groups -OCH3 is 1. The molecule has 3 rings (SSSR count). The first-order chi connectivity index (χ1) is 17.3. The number of aromatic hydroxyl groups is 1. The van der Waals surface area contributed by atoms with Crippen LogP contribution in [0.3, 0.4) is 0 Å². The number of benzene rings is 1. The van der Waals surface area contributed by atoms with Gasteiger partial charge in [-0.3, -0.25) is 23.7 Å². The molecule has 1 aromatic heterocycles. The first-order valence-corrected chi connectivity index (χ1v) is 11.7. The summed E-state index contributed by atoms with van der Waals surface area (Å²) in [4.78, 5) is 58.1. The number of nitrogens with zero attached hydrogens (tertiary/aromatic N) is 4. The second kappa shape index (κ2) is 10.7. The molecule has 37 heavy (non-hydrogen) atoms. The van der Waals surface area contributed by atoms with Gasteiger partial charge in [-0.05, 0) is 43.9 Å². The quantitative estimate of drug-likeness (QED) is 0.568. The minimum atomic E-state index is -0.872. The number of nitrogens with one attached hydrogen (secondary N) is 1. The van der Waals surface area contributed by atoms with Crippen molar-refractivity contribution in [2.24, 2.45) is 0 Å². The number of amides is 3. The molecule has 12 heteroatoms. The number of carbonyl (C=O) groups is 3. The van der Waals surface area contributed by atoms with Gasteiger partial charge in [0, 0.05) is 34.8 Å². The Hall–Kier alpha value is -3.80. The summed E-state index contributed by atoms with van der Waals surface area (Å²) in [6.07, 6.45) is 0.678. The predicted molar refractivity (Wildman–Crippen MR) is 131 cm³/mol. The number of hydrogen-bond donors (Lipinski definition) is 2. The van der Waals surface area contributed by atoms with Crippen LogP contribution < -0.4 is 10.9 Å². The van der Waals surface area contributed by atoms with E-state index in [9.17, 15) is 28.7 Å². The molecule has 0 spiro atoms. The number of hydrogen-bond acceptors (Lipinski definition) is 7. The highest BCUT2D eigenvalue weighted by Gasteiger charge is 2.39. The summed E-state index contributed by atoms with van der Waals surface area (Å²) in [5, 5.41) is 13.2. The van der Waals surface area contributed by atoms with Crippen molar-refractivity contribution in [3.05, 3.63) is 57.0 Å². The summed E-state index contributed by atoms with van der Waals surface area (Å²) in [6, 6.07) is 3.50. The van der Waals surface area contributed by atoms with E-state index in [0.717, 1.165) is 4.90 Å². The van der Waals surface area contributed by atoms with Gasteiger partial charge >= 0.3 is 11.8 Å². The fraction of sp³-hybridized carbons (Fsp3) is 0.480. The molecule has 3 amide bonds. The lowest BCUT2D eigenvalue weighted by Crippen LogP contribution is -2.43. The van der Waals surface area contributed by atoms with Crippen LogP contribution in [0, 0.1) is 12.7 Å². The first-order valence-electron chi connectivity index (χ1n) is 11.7. The molecule has 1 aromatic carbocycles. The topological polar surface area (TPSA) is 134 Å². The zero-order chi connectivity index (χ0) is 27.7. The van der Waals surface area contributed by atoms with Gasteiger partial charge in [0.15, 0.2) is 5.69 Å². The van der Waals surface area contributed by atoms with Gasteiger partial charge in [0.1, 0.15) is 11.6 Å². The minimum Gasteiger partial charge on any atom is -0.501 e. The number of ether oxygens (including phenoxy) is 1. The SMILES string of the molecule is CO[C@]1(C)CC[C@@H](N(C)C(=O)C(=O)N(C)C)c2nc(C(=O)NCc3ccc(F)c(C)c3)c(O)c(=O)n2C1. The van der Waals surface area contributed by atoms with E-state index in [1.54, 1.807) is 19.9 Å². The highest BCUT2D eigenvalue weighted by atomic mass is 19.1. The van der Waals surface area contributed by atoms with Crippen molar-refractivity contribution in [3.63, 3.8) is 0 Å². The van der Waals surface area contributed by atoms with Crippen molar-refractivity contribution < 1.29 is 28.6 Å². The highest BCUT2D eigenvalue weighted by Crippen LogP contribution is 2.34. The van der Waals surface area contributed by atoms with E-state index in [1.165, 1.54) is 49.9 Å². The number of rotatable bonds is 5. The van der Waals surface area contributed by atoms with E-state index in [0.29, 0.717) is 17.5 Å². The maximum Gasteiger partial charge on any atom is 0.312 e. The third kappa shape index (κ3) is 5.63. The van der Waals surface area contributed by atoms with E-state index in [-0.39, 0.29) is 31.2 Å². The Morgan fingerprint density at radius 3 is 2.54 bits per heavy atom. The minimum absolute atomic E-state index is 0.000388. The van der Waals surface area contributed by atoms with Crippen LogP contribution in [0.2, 0.25) is 0 Å². The molecule has 2 N–H and O–H groups in total. The molecular formula is C25H32FN5O6. The van der Waals surface area contributed by atoms with Crippen LogP contribution in [-0.2, 0) is 27.4 Å². The van der Waals surface area contributed by atoms with Crippen LogP contribution in [0.25, 0.3) is 0 Å². The number of fused-ring (bicyclic) bond motifs is 1. The van der Waals surface area contributed by atoms with Crippen LogP contribution >= 0.6 is 0 Å². The van der Waals surface area contributed by atoms with Gasteiger partial charge in [-0.15, -0.1) is 0 Å². The van der Waals surface area contributed by atoms with Gasteiger partial charge < -0.3 is 25.0 Å². The van der Waals surface area contributed by atoms with E-state index in [1.807, 2.05) is 0 Å². The molecule has 1 aliphatic rings. The van der Waals surface area contributed by atoms with Crippen molar-refractivity contribution in [1.29, 1.82) is 0 Å². The van der Waals surface area contributed by atoms with E-state index in [4.69, 9.17) is 4.74 Å². The van der Waals surface area contributed by atoms with Crippen LogP contribution in [-0.4, -0.2) is 76.0 Å². The average Bonchev–Trinajstić information content (AvgIpc) is 3.02. The maximum atomic E-state index is 13.6. The van der Waals surface area contributed by atoms with Crippen molar-refractivity contribution in [2.75, 3.05) is 28.3 Å². The fourth-order valence-corrected chi connectivity index (χ4v) is 4.21. The van der Waals surface area contributed by atoms with E-state index >= 15 is 0 Å². The van der Waals surface area contributed by atoms with Gasteiger partial charge in [-0.1, -0.05) is 12.1 Å². The molecule has 200 valence electrons. The lowest BCUT2D eigenvalue weighted by atomic mass is 9.98. The Labute approximate surface area is 213 Å². The number of halogens is 1. The smallest absolute Gasteiger partial charge is 0.312 e. The van der Waals surface area contributed by atoms with Crippen LogP contribution in [0.15, 0.2) is 23.0 Å². The summed E-state index contributed by atoms with van der Waals surface area (Å²) >= 11 is 0. The fourth-order valence-electron chi connectivity index (χ4n) is 4.21. The molecule has 1 aliphatic heterocycles. The van der Waals surface area contributed by atoms with Crippen molar-refractivity contribution in [3.8, 4) is 5.75 Å². The monoisotopic (exact) mass is 517 g/mol. The Morgan fingerprint density at radius 1 is 1.27 bits per heavy atom. The molecular weight excluding hydrogens is 485 g/mol. The summed E-state index contributed by atoms with van der Waals surface area (Å²) in [5.41, 5.74) is -1.20. The van der Waals surface area contributed by atoms with Crippen LogP contribution in [0.1, 0.15) is 53.2 Å². The second-order valence-corrected chi connectivity index (χ2v) is 9.65. The summed E-state index contributed by atoms with van der Waals surface area (Å²) in [7, 11) is 5.80. The molecule has 0 unspecified atom stereocenters. The Bertz CT molecular complexity index is 1290. The second-order valence-electron chi connectivity index (χ2n) is 9.65. The highest BCUT2D eigenvalue weighted by molar-refractivity contribution is 6.34. The van der Waals surface area contributed by atoms with E-state index in [2.05, 4.69) is 10.3 Å². The molecule has 0 fully saturated rings. The Kier molecular flexibility index (Phi) is 8.01. The Morgan fingerprint density at radius 2 is 1.95 bits per heavy atom. The van der Waals surface area contributed by atoms with Crippen molar-refractivity contribution >= 4 is 17.7 Å². The zero-order valence-electron chi connectivity index (χ0n) is 21.8. The molecule has 2 aromatic rings. The van der Waals surface area contributed by atoms with Gasteiger partial charge in [0.05, 0.1) is 18.2 Å². The summed E-state index contributed by atoms with van der Waals surface area (Å²) < 4.78 is 20.4. The average molecular weight is 518 g/mol. The molecule has 0 bridgehead atoms. The maximum absolute atomic E-state index is 13.6. The number of carbonyl (C=O) groups excluding carboxylic acids is 3. The molecule has 2 heterocycles. The normalized spacial score (nSPS) is 18.9. The molecule has 11 nitrogen and oxygen atoms in total. The van der Waals surface area contributed by atoms with Gasteiger partial charge in [-0.25, -0.2) is 9.37 Å². The zero-order valence-corrected chi connectivity index (χ0v) is 21.8. The van der Waals surface area contributed by atoms with E-state index < -0.39 is 46.4 Å². The number of aromatic nitrogens is 2. The molecule has 0 saturated carbocycles. The third-order valence-electron chi connectivity index (χ3n) is 6.67. The van der Waals surface area contributed by atoms with Crippen molar-refractivity contribution in [2.45, 2.75) is 51.4 Å². The third-order valence-corrected chi connectivity index (χ3v) is 6.67. The number of aryl methyl sites for hydroxylation is 1. The van der Waals surface area contributed by atoms with Gasteiger partial charge in [-0.2, -0.15) is 0 Å². The predicted octanol–water partition coefficient (Wildman–Crippen LogP) is 1.11. The largest absolute Gasteiger partial charge is 0.501 e. The standard InChI is InChI=1S/C25H32FN5O6/c1-14-11-15(7-8-16(14)26)12-27-21(33)18-19(32)22(34)31-13-25(2,37-6)10-9-17(20(31)28-18)30(5)24(36)23(35)29(3)4/h7-8,11,17,32H,9-10,12-13H2,1-6H3,(H,27,33)/t17-,25-/m1/s1. The molecule has 2 atom stereocenters. The van der Waals surface area contributed by atoms with Crippen LogP contribution in [0.5, 0.6) is 5.75 Å². The first kappa shape index (κ1) is 27.8. The summed E-state index contributed by atoms with van der Waals surface area (Å²) in [6.45, 7) is 3.38.